The lowest BCUT2D eigenvalue weighted by Gasteiger charge is -2.29. The van der Waals surface area contributed by atoms with Gasteiger partial charge in [0.2, 0.25) is 0 Å². The molecule has 118 valence electrons. The van der Waals surface area contributed by atoms with E-state index in [-0.39, 0.29) is 18.1 Å². The molecule has 1 fully saturated rings. The monoisotopic (exact) mass is 312 g/mol. The van der Waals surface area contributed by atoms with Crippen LogP contribution in [0.2, 0.25) is 5.15 Å². The van der Waals surface area contributed by atoms with E-state index in [1.807, 2.05) is 21.0 Å². The number of β-amino-alcohol motifs (C(OH)–C–C–N with tert-alkyl or cyclic N) is 1. The average Bonchev–Trinajstić information content (AvgIpc) is 2.72. The van der Waals surface area contributed by atoms with Crippen molar-refractivity contribution in [1.82, 2.24) is 14.9 Å². The Kier molecular flexibility index (Phi) is 5.07. The van der Waals surface area contributed by atoms with Crippen molar-refractivity contribution in [2.24, 2.45) is 0 Å². The minimum atomic E-state index is -0.314. The van der Waals surface area contributed by atoms with E-state index >= 15 is 0 Å². The van der Waals surface area contributed by atoms with Crippen LogP contribution in [0.3, 0.4) is 0 Å². The van der Waals surface area contributed by atoms with Crippen LogP contribution in [-0.4, -0.2) is 59.3 Å². The molecule has 0 spiro atoms. The minimum Gasteiger partial charge on any atom is -0.391 e. The van der Waals surface area contributed by atoms with Crippen molar-refractivity contribution < 1.29 is 5.11 Å². The van der Waals surface area contributed by atoms with Crippen molar-refractivity contribution in [3.63, 3.8) is 0 Å². The molecule has 1 aliphatic heterocycles. The Morgan fingerprint density at radius 3 is 2.62 bits per heavy atom. The number of hydrogen-bond donors (Lipinski definition) is 1. The maximum Gasteiger partial charge on any atom is 0.137 e. The second-order valence-electron chi connectivity index (χ2n) is 6.43. The van der Waals surface area contributed by atoms with E-state index in [4.69, 9.17) is 16.6 Å². The number of aliphatic hydroxyl groups excluding tert-OH is 1. The first-order valence-corrected chi connectivity index (χ1v) is 7.80. The Bertz CT molecular complexity index is 507. The Labute approximate surface area is 131 Å². The summed E-state index contributed by atoms with van der Waals surface area (Å²) >= 11 is 6.28. The van der Waals surface area contributed by atoms with Gasteiger partial charge in [0, 0.05) is 30.6 Å². The van der Waals surface area contributed by atoms with Crippen molar-refractivity contribution in [2.75, 3.05) is 32.1 Å². The summed E-state index contributed by atoms with van der Waals surface area (Å²) < 4.78 is 0. The van der Waals surface area contributed by atoms with Gasteiger partial charge in [-0.3, -0.25) is 0 Å². The van der Waals surface area contributed by atoms with Gasteiger partial charge < -0.3 is 14.9 Å². The fourth-order valence-electron chi connectivity index (χ4n) is 2.78. The molecule has 1 aromatic heterocycles. The summed E-state index contributed by atoms with van der Waals surface area (Å²) in [5.74, 6) is 1.84. The maximum atomic E-state index is 10.0. The Balaban J connectivity index is 2.39. The summed E-state index contributed by atoms with van der Waals surface area (Å²) in [5.41, 5.74) is 0.888. The van der Waals surface area contributed by atoms with Crippen LogP contribution in [0.4, 0.5) is 5.82 Å². The number of nitrogens with zero attached hydrogens (tertiary/aromatic N) is 4. The standard InChI is InChI=1S/C15H25ClN4O/c1-9(2)14-17-13(16)10(3)15(18-14)20-8-12(21)6-11(20)7-19(4)5/h9,11-12,21H,6-8H2,1-5H3. The molecule has 0 radical (unpaired) electrons. The molecule has 6 heteroatoms. The predicted molar refractivity (Wildman–Crippen MR) is 86.2 cm³/mol. The van der Waals surface area contributed by atoms with Gasteiger partial charge in [0.1, 0.15) is 16.8 Å². The molecule has 1 N–H and O–H groups in total. The highest BCUT2D eigenvalue weighted by Crippen LogP contribution is 2.31. The van der Waals surface area contributed by atoms with Gasteiger partial charge in [-0.25, -0.2) is 9.97 Å². The molecule has 0 saturated carbocycles. The van der Waals surface area contributed by atoms with Crippen LogP contribution in [0.15, 0.2) is 0 Å². The first-order valence-electron chi connectivity index (χ1n) is 7.43. The molecular formula is C15H25ClN4O. The molecule has 1 aromatic rings. The Hall–Kier alpha value is -0.910. The SMILES string of the molecule is Cc1c(Cl)nc(C(C)C)nc1N1CC(O)CC1CN(C)C. The van der Waals surface area contributed by atoms with E-state index < -0.39 is 0 Å². The van der Waals surface area contributed by atoms with Gasteiger partial charge in [-0.2, -0.15) is 0 Å². The quantitative estimate of drug-likeness (QED) is 0.863. The molecule has 2 atom stereocenters. The second-order valence-corrected chi connectivity index (χ2v) is 6.79. The van der Waals surface area contributed by atoms with Crippen molar-refractivity contribution in [2.45, 2.75) is 45.3 Å². The number of halogens is 1. The highest BCUT2D eigenvalue weighted by molar-refractivity contribution is 6.30. The maximum absolute atomic E-state index is 10.0. The Morgan fingerprint density at radius 2 is 2.05 bits per heavy atom. The zero-order chi connectivity index (χ0) is 15.7. The molecule has 2 unspecified atom stereocenters. The van der Waals surface area contributed by atoms with Gasteiger partial charge in [0.15, 0.2) is 0 Å². The fourth-order valence-corrected chi connectivity index (χ4v) is 2.95. The highest BCUT2D eigenvalue weighted by atomic mass is 35.5. The summed E-state index contributed by atoms with van der Waals surface area (Å²) in [7, 11) is 4.09. The minimum absolute atomic E-state index is 0.224. The van der Waals surface area contributed by atoms with Gasteiger partial charge in [-0.15, -0.1) is 0 Å². The van der Waals surface area contributed by atoms with E-state index in [0.717, 1.165) is 30.2 Å². The van der Waals surface area contributed by atoms with Gasteiger partial charge in [-0.05, 0) is 27.4 Å². The molecule has 0 aliphatic carbocycles. The third-order valence-electron chi connectivity index (χ3n) is 3.83. The zero-order valence-corrected chi connectivity index (χ0v) is 14.2. The third kappa shape index (κ3) is 3.65. The largest absolute Gasteiger partial charge is 0.391 e. The average molecular weight is 313 g/mol. The van der Waals surface area contributed by atoms with Crippen LogP contribution in [0.1, 0.15) is 37.6 Å². The molecule has 2 heterocycles. The molecular weight excluding hydrogens is 288 g/mol. The van der Waals surface area contributed by atoms with Gasteiger partial charge in [0.25, 0.3) is 0 Å². The number of likely N-dealkylation sites (N-methyl/N-ethyl adjacent to an activating group) is 1. The van der Waals surface area contributed by atoms with Gasteiger partial charge >= 0.3 is 0 Å². The van der Waals surface area contributed by atoms with E-state index in [0.29, 0.717) is 11.7 Å². The summed E-state index contributed by atoms with van der Waals surface area (Å²) in [5, 5.41) is 10.6. The van der Waals surface area contributed by atoms with E-state index in [1.54, 1.807) is 0 Å². The summed E-state index contributed by atoms with van der Waals surface area (Å²) in [6, 6.07) is 0.250. The van der Waals surface area contributed by atoms with Gasteiger partial charge in [0.05, 0.1) is 6.10 Å². The fraction of sp³-hybridized carbons (Fsp3) is 0.733. The zero-order valence-electron chi connectivity index (χ0n) is 13.5. The Morgan fingerprint density at radius 1 is 1.38 bits per heavy atom. The molecule has 2 rings (SSSR count). The normalized spacial score (nSPS) is 22.6. The van der Waals surface area contributed by atoms with Crippen molar-refractivity contribution in [3.8, 4) is 0 Å². The molecule has 1 saturated heterocycles. The van der Waals surface area contributed by atoms with Crippen molar-refractivity contribution in [3.05, 3.63) is 16.5 Å². The van der Waals surface area contributed by atoms with E-state index in [9.17, 15) is 5.11 Å². The topological polar surface area (TPSA) is 52.5 Å². The predicted octanol–water partition coefficient (Wildman–Crippen LogP) is 2.06. The van der Waals surface area contributed by atoms with Crippen LogP contribution in [0.25, 0.3) is 0 Å². The van der Waals surface area contributed by atoms with Crippen LogP contribution >= 0.6 is 11.6 Å². The lowest BCUT2D eigenvalue weighted by Crippen LogP contribution is -2.38. The van der Waals surface area contributed by atoms with Gasteiger partial charge in [-0.1, -0.05) is 25.4 Å². The highest BCUT2D eigenvalue weighted by Gasteiger charge is 2.33. The van der Waals surface area contributed by atoms with E-state index in [1.165, 1.54) is 0 Å². The van der Waals surface area contributed by atoms with Crippen LogP contribution in [0.5, 0.6) is 0 Å². The lowest BCUT2D eigenvalue weighted by atomic mass is 10.1. The molecule has 0 bridgehead atoms. The third-order valence-corrected chi connectivity index (χ3v) is 4.20. The number of aliphatic hydroxyl groups is 1. The molecule has 0 aromatic carbocycles. The number of aromatic nitrogens is 2. The lowest BCUT2D eigenvalue weighted by molar-refractivity contribution is 0.191. The number of rotatable bonds is 4. The first-order chi connectivity index (χ1) is 9.79. The van der Waals surface area contributed by atoms with Crippen LogP contribution < -0.4 is 4.90 Å². The number of hydrogen-bond acceptors (Lipinski definition) is 5. The summed E-state index contributed by atoms with van der Waals surface area (Å²) in [6.07, 6.45) is 0.446. The van der Waals surface area contributed by atoms with Crippen molar-refractivity contribution in [1.29, 1.82) is 0 Å². The van der Waals surface area contributed by atoms with Crippen LogP contribution in [-0.2, 0) is 0 Å². The number of anilines is 1. The van der Waals surface area contributed by atoms with E-state index in [2.05, 4.69) is 28.6 Å². The van der Waals surface area contributed by atoms with Crippen molar-refractivity contribution >= 4 is 17.4 Å². The first kappa shape index (κ1) is 16.5. The molecule has 0 amide bonds. The van der Waals surface area contributed by atoms with Crippen LogP contribution in [0, 0.1) is 6.92 Å². The summed E-state index contributed by atoms with van der Waals surface area (Å²) in [4.78, 5) is 13.4. The molecule has 5 nitrogen and oxygen atoms in total. The smallest absolute Gasteiger partial charge is 0.137 e. The summed E-state index contributed by atoms with van der Waals surface area (Å²) in [6.45, 7) is 7.54. The molecule has 1 aliphatic rings. The second kappa shape index (κ2) is 6.46. The molecule has 21 heavy (non-hydrogen) atoms.